The molecule has 44 heavy (non-hydrogen) atoms. The number of rotatable bonds is 5. The molecule has 1 fully saturated rings. The molecule has 0 bridgehead atoms. The van der Waals surface area contributed by atoms with Crippen LogP contribution in [0.5, 0.6) is 11.5 Å². The topological polar surface area (TPSA) is 82.3 Å². The van der Waals surface area contributed by atoms with Crippen LogP contribution in [0.4, 0.5) is 24.5 Å². The summed E-state index contributed by atoms with van der Waals surface area (Å²) < 4.78 is 53.2. The predicted molar refractivity (Wildman–Crippen MR) is 162 cm³/mol. The zero-order chi connectivity index (χ0) is 29.8. The first-order chi connectivity index (χ1) is 21.4. The number of anilines is 2. The van der Waals surface area contributed by atoms with Gasteiger partial charge in [-0.3, -0.25) is 15.1 Å². The summed E-state index contributed by atoms with van der Waals surface area (Å²) in [5.74, 6) is 1.28. The van der Waals surface area contributed by atoms with Gasteiger partial charge in [-0.2, -0.15) is 23.4 Å². The predicted octanol–water partition coefficient (Wildman–Crippen LogP) is 7.28. The smallest absolute Gasteiger partial charge is 0.406 e. The summed E-state index contributed by atoms with van der Waals surface area (Å²) in [7, 11) is 0. The fourth-order valence-electron chi connectivity index (χ4n) is 6.17. The maximum Gasteiger partial charge on any atom is 0.406 e. The fourth-order valence-corrected chi connectivity index (χ4v) is 6.17. The highest BCUT2D eigenvalue weighted by Gasteiger charge is 2.45. The first kappa shape index (κ1) is 26.7. The van der Waals surface area contributed by atoms with Gasteiger partial charge in [0.05, 0.1) is 48.0 Å². The zero-order valence-electron chi connectivity index (χ0n) is 23.4. The van der Waals surface area contributed by atoms with Crippen LogP contribution < -0.4 is 9.64 Å². The molecule has 0 amide bonds. The number of hydrogen-bond acceptors (Lipinski definition) is 6. The molecule has 6 aromatic rings. The minimum absolute atomic E-state index is 0.213. The summed E-state index contributed by atoms with van der Waals surface area (Å²) in [6, 6.07) is 22.5. The van der Waals surface area contributed by atoms with Gasteiger partial charge in [-0.25, -0.2) is 0 Å². The average Bonchev–Trinajstić information content (AvgIpc) is 3.71. The monoisotopic (exact) mass is 596 g/mol. The highest BCUT2D eigenvalue weighted by Crippen LogP contribution is 2.49. The third kappa shape index (κ3) is 4.74. The molecule has 2 aliphatic rings. The molecular weight excluding hydrogens is 569 g/mol. The van der Waals surface area contributed by atoms with Crippen molar-refractivity contribution in [3.8, 4) is 33.8 Å². The van der Waals surface area contributed by atoms with Gasteiger partial charge in [0.1, 0.15) is 6.04 Å². The summed E-state index contributed by atoms with van der Waals surface area (Å²) >= 11 is 0. The fraction of sp³-hybridized carbons (Fsp3) is 0.212. The lowest BCUT2D eigenvalue weighted by Crippen LogP contribution is -2.54. The standard InChI is InChI=1S/C33H27F3N6O2/c34-33(35,36)32-19-43-12-11-41(32)9-10-42-28-7-3-22(20-1-5-26-24(13-20)17-37-39-26)15-30(28)44-31-16-23(4-8-29(31)42)21-2-6-27-25(14-21)18-38-40-27/h1-8,13-18,32H,9-12,19H2,(H,37,39)(H,38,40). The van der Waals surface area contributed by atoms with Gasteiger partial charge in [-0.1, -0.05) is 24.3 Å². The van der Waals surface area contributed by atoms with Crippen LogP contribution in [0.25, 0.3) is 44.1 Å². The summed E-state index contributed by atoms with van der Waals surface area (Å²) in [5, 5.41) is 16.2. The number of benzene rings is 4. The lowest BCUT2D eigenvalue weighted by molar-refractivity contribution is -0.211. The minimum Gasteiger partial charge on any atom is -0.453 e. The summed E-state index contributed by atoms with van der Waals surface area (Å²) in [6.07, 6.45) is -0.792. The van der Waals surface area contributed by atoms with Crippen molar-refractivity contribution in [3.05, 3.63) is 85.2 Å². The number of alkyl halides is 3. The van der Waals surface area contributed by atoms with Crippen LogP contribution in [0.15, 0.2) is 85.2 Å². The molecule has 0 aliphatic carbocycles. The van der Waals surface area contributed by atoms with E-state index in [0.717, 1.165) is 55.4 Å². The second-order valence-electron chi connectivity index (χ2n) is 11.1. The summed E-state index contributed by atoms with van der Waals surface area (Å²) in [5.41, 5.74) is 7.43. The van der Waals surface area contributed by atoms with Crippen molar-refractivity contribution >= 4 is 33.2 Å². The molecule has 0 radical (unpaired) electrons. The molecular formula is C33H27F3N6O2. The Balaban J connectivity index is 1.17. The Bertz CT molecular complexity index is 1880. The van der Waals surface area contributed by atoms with Crippen molar-refractivity contribution < 1.29 is 22.6 Å². The number of nitrogens with zero attached hydrogens (tertiary/aromatic N) is 4. The van der Waals surface area contributed by atoms with Gasteiger partial charge in [0.15, 0.2) is 11.5 Å². The highest BCUT2D eigenvalue weighted by atomic mass is 19.4. The minimum atomic E-state index is -4.36. The van der Waals surface area contributed by atoms with Gasteiger partial charge < -0.3 is 14.4 Å². The van der Waals surface area contributed by atoms with Crippen LogP contribution in [0.2, 0.25) is 0 Å². The molecule has 8 nitrogen and oxygen atoms in total. The molecule has 8 rings (SSSR count). The van der Waals surface area contributed by atoms with Crippen molar-refractivity contribution in [2.45, 2.75) is 12.2 Å². The van der Waals surface area contributed by atoms with E-state index in [2.05, 4.69) is 37.4 Å². The number of ether oxygens (including phenoxy) is 2. The molecule has 2 aliphatic heterocycles. The lowest BCUT2D eigenvalue weighted by Gasteiger charge is -2.39. The van der Waals surface area contributed by atoms with Crippen LogP contribution in [0, 0.1) is 0 Å². The Hall–Kier alpha value is -4.87. The average molecular weight is 597 g/mol. The van der Waals surface area contributed by atoms with E-state index in [1.807, 2.05) is 60.7 Å². The van der Waals surface area contributed by atoms with Crippen LogP contribution in [0.3, 0.4) is 0 Å². The quantitative estimate of drug-likeness (QED) is 0.218. The molecule has 0 saturated carbocycles. The molecule has 1 saturated heterocycles. The molecule has 1 unspecified atom stereocenters. The van der Waals surface area contributed by atoms with Gasteiger partial charge in [0.25, 0.3) is 0 Å². The number of halogens is 3. The number of H-pyrrole nitrogens is 2. The van der Waals surface area contributed by atoms with E-state index in [1.165, 1.54) is 4.90 Å². The normalized spacial score (nSPS) is 17.1. The largest absolute Gasteiger partial charge is 0.453 e. The Morgan fingerprint density at radius 3 is 1.84 bits per heavy atom. The number of fused-ring (bicyclic) bond motifs is 4. The second-order valence-corrected chi connectivity index (χ2v) is 11.1. The van der Waals surface area contributed by atoms with Gasteiger partial charge >= 0.3 is 6.18 Å². The Labute approximate surface area is 250 Å². The van der Waals surface area contributed by atoms with Crippen molar-refractivity contribution in [2.75, 3.05) is 37.7 Å². The van der Waals surface area contributed by atoms with Crippen LogP contribution in [0.1, 0.15) is 0 Å². The summed E-state index contributed by atoms with van der Waals surface area (Å²) in [4.78, 5) is 3.53. The Morgan fingerprint density at radius 1 is 0.727 bits per heavy atom. The molecule has 1 atom stereocenters. The molecule has 222 valence electrons. The highest BCUT2D eigenvalue weighted by molar-refractivity contribution is 5.88. The van der Waals surface area contributed by atoms with Crippen molar-refractivity contribution in [2.24, 2.45) is 0 Å². The number of morpholine rings is 1. The number of aromatic nitrogens is 4. The number of nitrogens with one attached hydrogen (secondary N) is 2. The van der Waals surface area contributed by atoms with Gasteiger partial charge in [0, 0.05) is 30.4 Å². The van der Waals surface area contributed by atoms with E-state index in [9.17, 15) is 13.2 Å². The molecule has 2 aromatic heterocycles. The molecule has 2 N–H and O–H groups in total. The Kier molecular flexibility index (Phi) is 6.31. The third-order valence-corrected chi connectivity index (χ3v) is 8.50. The van der Waals surface area contributed by atoms with Gasteiger partial charge in [-0.05, 0) is 70.8 Å². The van der Waals surface area contributed by atoms with E-state index in [0.29, 0.717) is 18.0 Å². The zero-order valence-corrected chi connectivity index (χ0v) is 23.4. The molecule has 11 heteroatoms. The number of hydrogen-bond donors (Lipinski definition) is 2. The van der Waals surface area contributed by atoms with E-state index >= 15 is 0 Å². The first-order valence-corrected chi connectivity index (χ1v) is 14.4. The van der Waals surface area contributed by atoms with Gasteiger partial charge in [0.2, 0.25) is 0 Å². The number of aromatic amines is 2. The van der Waals surface area contributed by atoms with E-state index in [1.54, 1.807) is 12.4 Å². The maximum atomic E-state index is 13.8. The maximum absolute atomic E-state index is 13.8. The van der Waals surface area contributed by atoms with Crippen molar-refractivity contribution in [1.29, 1.82) is 0 Å². The van der Waals surface area contributed by atoms with E-state index in [-0.39, 0.29) is 26.3 Å². The third-order valence-electron chi connectivity index (χ3n) is 8.50. The van der Waals surface area contributed by atoms with Crippen molar-refractivity contribution in [3.63, 3.8) is 0 Å². The summed E-state index contributed by atoms with van der Waals surface area (Å²) in [6.45, 7) is 0.700. The van der Waals surface area contributed by atoms with E-state index < -0.39 is 12.2 Å². The molecule has 4 aromatic carbocycles. The molecule has 0 spiro atoms. The van der Waals surface area contributed by atoms with Crippen LogP contribution >= 0.6 is 0 Å². The van der Waals surface area contributed by atoms with Gasteiger partial charge in [-0.15, -0.1) is 0 Å². The van der Waals surface area contributed by atoms with Crippen LogP contribution in [-0.2, 0) is 4.74 Å². The second kappa shape index (κ2) is 10.4. The first-order valence-electron chi connectivity index (χ1n) is 14.4. The molecule has 4 heterocycles. The van der Waals surface area contributed by atoms with E-state index in [4.69, 9.17) is 9.47 Å². The SMILES string of the molecule is FC(F)(F)C1COCCN1CCN1c2ccc(-c3ccc4[nH]ncc4c3)cc2Oc2cc(-c3ccc4[nH]ncc4c3)ccc21. The Morgan fingerprint density at radius 2 is 1.27 bits per heavy atom. The van der Waals surface area contributed by atoms with Crippen molar-refractivity contribution in [1.82, 2.24) is 25.3 Å². The lowest BCUT2D eigenvalue weighted by atomic mass is 10.0. The van der Waals surface area contributed by atoms with Crippen LogP contribution in [-0.4, -0.2) is 70.4 Å².